The lowest BCUT2D eigenvalue weighted by Gasteiger charge is -2.33. The van der Waals surface area contributed by atoms with Crippen LogP contribution in [-0.4, -0.2) is 11.4 Å². The van der Waals surface area contributed by atoms with Crippen molar-refractivity contribution in [3.05, 3.63) is 23.7 Å². The van der Waals surface area contributed by atoms with Crippen molar-refractivity contribution in [2.24, 2.45) is 5.92 Å². The first-order valence-electron chi connectivity index (χ1n) is 5.87. The normalized spacial score (nSPS) is 25.1. The van der Waals surface area contributed by atoms with E-state index in [9.17, 15) is 4.79 Å². The molecule has 2 rings (SSSR count). The molecule has 0 radical (unpaired) electrons. The average molecular weight is 221 g/mol. The van der Waals surface area contributed by atoms with Crippen molar-refractivity contribution in [1.82, 2.24) is 5.32 Å². The Bertz CT molecular complexity index is 394. The maximum absolute atomic E-state index is 11.4. The van der Waals surface area contributed by atoms with E-state index in [2.05, 4.69) is 19.2 Å². The number of amides is 1. The van der Waals surface area contributed by atoms with Crippen molar-refractivity contribution < 1.29 is 9.21 Å². The molecule has 1 atom stereocenters. The van der Waals surface area contributed by atoms with Gasteiger partial charge >= 0.3 is 0 Å². The molecule has 1 N–H and O–H groups in total. The topological polar surface area (TPSA) is 42.2 Å². The molecule has 1 aromatic heterocycles. The number of aryl methyl sites for hydroxylation is 1. The Morgan fingerprint density at radius 1 is 1.56 bits per heavy atom. The molecule has 2 heterocycles. The van der Waals surface area contributed by atoms with E-state index in [0.29, 0.717) is 12.3 Å². The standard InChI is InChI=1S/C13H19NO2/c1-9(2)13(6-4-12(15)14-13)8-11-10(3)5-7-16-11/h5,7,9H,4,6,8H2,1-3H3,(H,14,15). The predicted octanol–water partition coefficient (Wildman–Crippen LogP) is 2.44. The summed E-state index contributed by atoms with van der Waals surface area (Å²) in [7, 11) is 0. The maximum Gasteiger partial charge on any atom is 0.220 e. The molecule has 1 amide bonds. The molecule has 16 heavy (non-hydrogen) atoms. The summed E-state index contributed by atoms with van der Waals surface area (Å²) in [6.45, 7) is 6.36. The average Bonchev–Trinajstić information content (AvgIpc) is 2.76. The van der Waals surface area contributed by atoms with Crippen molar-refractivity contribution in [3.8, 4) is 0 Å². The van der Waals surface area contributed by atoms with Gasteiger partial charge in [0, 0.05) is 18.4 Å². The predicted molar refractivity (Wildman–Crippen MR) is 62.1 cm³/mol. The molecule has 3 nitrogen and oxygen atoms in total. The lowest BCUT2D eigenvalue weighted by atomic mass is 9.81. The van der Waals surface area contributed by atoms with E-state index in [1.165, 1.54) is 5.56 Å². The fourth-order valence-electron chi connectivity index (χ4n) is 2.38. The van der Waals surface area contributed by atoms with Crippen LogP contribution in [-0.2, 0) is 11.2 Å². The molecule has 0 aliphatic carbocycles. The highest BCUT2D eigenvalue weighted by molar-refractivity contribution is 5.79. The monoisotopic (exact) mass is 221 g/mol. The summed E-state index contributed by atoms with van der Waals surface area (Å²) in [5.74, 6) is 1.58. The van der Waals surface area contributed by atoms with Crippen LogP contribution in [0.1, 0.15) is 38.0 Å². The summed E-state index contributed by atoms with van der Waals surface area (Å²) in [4.78, 5) is 11.4. The van der Waals surface area contributed by atoms with Crippen LogP contribution >= 0.6 is 0 Å². The van der Waals surface area contributed by atoms with Gasteiger partial charge in [-0.3, -0.25) is 4.79 Å². The third-order valence-electron chi connectivity index (χ3n) is 3.74. The summed E-state index contributed by atoms with van der Waals surface area (Å²) in [5, 5.41) is 3.13. The Hall–Kier alpha value is -1.25. The number of nitrogens with one attached hydrogen (secondary N) is 1. The lowest BCUT2D eigenvalue weighted by Crippen LogP contribution is -2.48. The molecule has 0 saturated carbocycles. The number of carbonyl (C=O) groups excluding carboxylic acids is 1. The lowest BCUT2D eigenvalue weighted by molar-refractivity contribution is -0.120. The molecule has 0 spiro atoms. The summed E-state index contributed by atoms with van der Waals surface area (Å²) >= 11 is 0. The second kappa shape index (κ2) is 3.96. The zero-order chi connectivity index (χ0) is 11.8. The van der Waals surface area contributed by atoms with Crippen LogP contribution in [0.5, 0.6) is 0 Å². The fourth-order valence-corrected chi connectivity index (χ4v) is 2.38. The molecule has 0 bridgehead atoms. The van der Waals surface area contributed by atoms with Crippen LogP contribution in [0.4, 0.5) is 0 Å². The minimum Gasteiger partial charge on any atom is -0.469 e. The van der Waals surface area contributed by atoms with E-state index >= 15 is 0 Å². The zero-order valence-corrected chi connectivity index (χ0v) is 10.2. The van der Waals surface area contributed by atoms with Crippen molar-refractivity contribution in [3.63, 3.8) is 0 Å². The molecule has 1 aliphatic rings. The molecule has 1 unspecified atom stereocenters. The number of rotatable bonds is 3. The van der Waals surface area contributed by atoms with Crippen LogP contribution in [0.3, 0.4) is 0 Å². The Balaban J connectivity index is 2.22. The van der Waals surface area contributed by atoms with Gasteiger partial charge < -0.3 is 9.73 Å². The Labute approximate surface area is 96.2 Å². The van der Waals surface area contributed by atoms with Gasteiger partial charge in [-0.25, -0.2) is 0 Å². The van der Waals surface area contributed by atoms with Crippen LogP contribution < -0.4 is 5.32 Å². The first-order valence-corrected chi connectivity index (χ1v) is 5.87. The molecule has 1 saturated heterocycles. The van der Waals surface area contributed by atoms with Crippen molar-refractivity contribution in [1.29, 1.82) is 0 Å². The molecule has 1 aliphatic heterocycles. The van der Waals surface area contributed by atoms with E-state index in [1.807, 2.05) is 13.0 Å². The van der Waals surface area contributed by atoms with Gasteiger partial charge in [0.1, 0.15) is 5.76 Å². The Kier molecular flexibility index (Phi) is 2.78. The minimum absolute atomic E-state index is 0.111. The molecular formula is C13H19NO2. The van der Waals surface area contributed by atoms with Gasteiger partial charge in [-0.2, -0.15) is 0 Å². The number of hydrogen-bond acceptors (Lipinski definition) is 2. The first-order chi connectivity index (χ1) is 7.53. The number of carbonyl (C=O) groups is 1. The molecule has 88 valence electrons. The van der Waals surface area contributed by atoms with Crippen molar-refractivity contribution >= 4 is 5.91 Å². The van der Waals surface area contributed by atoms with E-state index in [1.54, 1.807) is 6.26 Å². The van der Waals surface area contributed by atoms with Crippen LogP contribution in [0.15, 0.2) is 16.7 Å². The quantitative estimate of drug-likeness (QED) is 0.851. The van der Waals surface area contributed by atoms with Gasteiger partial charge in [-0.1, -0.05) is 13.8 Å². The van der Waals surface area contributed by atoms with Gasteiger partial charge in [-0.05, 0) is 30.9 Å². The zero-order valence-electron chi connectivity index (χ0n) is 10.2. The van der Waals surface area contributed by atoms with Gasteiger partial charge in [0.25, 0.3) is 0 Å². The Morgan fingerprint density at radius 3 is 2.75 bits per heavy atom. The second-order valence-corrected chi connectivity index (χ2v) is 5.06. The van der Waals surface area contributed by atoms with E-state index in [-0.39, 0.29) is 11.4 Å². The van der Waals surface area contributed by atoms with E-state index in [4.69, 9.17) is 4.42 Å². The summed E-state index contributed by atoms with van der Waals surface area (Å²) in [6, 6.07) is 1.97. The van der Waals surface area contributed by atoms with Gasteiger partial charge in [-0.15, -0.1) is 0 Å². The van der Waals surface area contributed by atoms with Crippen LogP contribution in [0.2, 0.25) is 0 Å². The molecule has 0 aromatic carbocycles. The maximum atomic E-state index is 11.4. The third-order valence-corrected chi connectivity index (χ3v) is 3.74. The smallest absolute Gasteiger partial charge is 0.220 e. The number of furan rings is 1. The molecule has 1 aromatic rings. The van der Waals surface area contributed by atoms with Gasteiger partial charge in [0.2, 0.25) is 5.91 Å². The summed E-state index contributed by atoms with van der Waals surface area (Å²) in [6.07, 6.45) is 4.06. The highest BCUT2D eigenvalue weighted by Gasteiger charge is 2.41. The second-order valence-electron chi connectivity index (χ2n) is 5.06. The van der Waals surface area contributed by atoms with E-state index < -0.39 is 0 Å². The Morgan fingerprint density at radius 2 is 2.31 bits per heavy atom. The SMILES string of the molecule is Cc1ccoc1CC1(C(C)C)CCC(=O)N1. The summed E-state index contributed by atoms with van der Waals surface area (Å²) in [5.41, 5.74) is 1.06. The molecular weight excluding hydrogens is 202 g/mol. The number of hydrogen-bond donors (Lipinski definition) is 1. The molecule has 1 fully saturated rings. The first kappa shape index (κ1) is 11.2. The molecule has 3 heteroatoms. The minimum atomic E-state index is -0.111. The van der Waals surface area contributed by atoms with E-state index in [0.717, 1.165) is 18.6 Å². The largest absolute Gasteiger partial charge is 0.469 e. The van der Waals surface area contributed by atoms with Gasteiger partial charge in [0.05, 0.1) is 6.26 Å². The fraction of sp³-hybridized carbons (Fsp3) is 0.615. The van der Waals surface area contributed by atoms with Crippen molar-refractivity contribution in [2.75, 3.05) is 0 Å². The summed E-state index contributed by atoms with van der Waals surface area (Å²) < 4.78 is 5.49. The van der Waals surface area contributed by atoms with Crippen LogP contribution in [0.25, 0.3) is 0 Å². The highest BCUT2D eigenvalue weighted by Crippen LogP contribution is 2.32. The van der Waals surface area contributed by atoms with Crippen LogP contribution in [0, 0.1) is 12.8 Å². The highest BCUT2D eigenvalue weighted by atomic mass is 16.3. The third kappa shape index (κ3) is 1.86. The van der Waals surface area contributed by atoms with Crippen molar-refractivity contribution in [2.45, 2.75) is 45.6 Å². The van der Waals surface area contributed by atoms with Gasteiger partial charge in [0.15, 0.2) is 0 Å².